The van der Waals surface area contributed by atoms with E-state index in [-0.39, 0.29) is 24.0 Å². The topological polar surface area (TPSA) is 93.7 Å². The van der Waals surface area contributed by atoms with Crippen LogP contribution in [0.15, 0.2) is 30.3 Å². The number of thioether (sulfide) groups is 1. The number of rotatable bonds is 14. The number of ether oxygens (including phenoxy) is 2. The van der Waals surface area contributed by atoms with Crippen molar-refractivity contribution in [3.05, 3.63) is 35.9 Å². The molecule has 1 aromatic carbocycles. The van der Waals surface area contributed by atoms with Crippen LogP contribution in [0.3, 0.4) is 0 Å². The highest BCUT2D eigenvalue weighted by molar-refractivity contribution is 8.00. The molecule has 0 unspecified atom stereocenters. The molecular weight excluding hydrogens is 476 g/mol. The lowest BCUT2D eigenvalue weighted by molar-refractivity contribution is -0.145. The van der Waals surface area contributed by atoms with E-state index in [1.54, 1.807) is 0 Å². The van der Waals surface area contributed by atoms with Crippen molar-refractivity contribution in [1.82, 2.24) is 10.6 Å². The normalized spacial score (nSPS) is 19.5. The van der Waals surface area contributed by atoms with Crippen molar-refractivity contribution in [2.24, 2.45) is 5.92 Å². The maximum absolute atomic E-state index is 12.2. The predicted octanol–water partition coefficient (Wildman–Crippen LogP) is 5.61. The Morgan fingerprint density at radius 2 is 1.72 bits per heavy atom. The summed E-state index contributed by atoms with van der Waals surface area (Å²) in [7, 11) is 0. The third kappa shape index (κ3) is 12.7. The maximum Gasteiger partial charge on any atom is 0.407 e. The van der Waals surface area contributed by atoms with E-state index in [2.05, 4.69) is 17.6 Å². The molecule has 0 aliphatic carbocycles. The van der Waals surface area contributed by atoms with Crippen molar-refractivity contribution < 1.29 is 23.9 Å². The summed E-state index contributed by atoms with van der Waals surface area (Å²) in [4.78, 5) is 36.1. The zero-order valence-corrected chi connectivity index (χ0v) is 23.2. The van der Waals surface area contributed by atoms with E-state index >= 15 is 0 Å². The minimum Gasteiger partial charge on any atom is -0.461 e. The van der Waals surface area contributed by atoms with Crippen molar-refractivity contribution in [2.75, 3.05) is 12.3 Å². The average Bonchev–Trinajstić information content (AvgIpc) is 3.15. The van der Waals surface area contributed by atoms with Gasteiger partial charge in [-0.15, -0.1) is 0 Å². The number of carbonyl (C=O) groups is 3. The fraction of sp³-hybridized carbons (Fsp3) is 0.679. The molecule has 2 rings (SSSR count). The number of hydrogen-bond donors (Lipinski definition) is 2. The number of benzene rings is 1. The van der Waals surface area contributed by atoms with Crippen LogP contribution < -0.4 is 10.6 Å². The van der Waals surface area contributed by atoms with E-state index in [0.29, 0.717) is 37.2 Å². The first-order valence-corrected chi connectivity index (χ1v) is 14.3. The van der Waals surface area contributed by atoms with E-state index in [1.807, 2.05) is 62.9 Å². The van der Waals surface area contributed by atoms with Crippen molar-refractivity contribution in [1.29, 1.82) is 0 Å². The lowest BCUT2D eigenvalue weighted by Crippen LogP contribution is -2.45. The summed E-state index contributed by atoms with van der Waals surface area (Å²) in [6, 6.07) is 9.76. The third-order valence-electron chi connectivity index (χ3n) is 6.04. The van der Waals surface area contributed by atoms with Crippen LogP contribution in [0.1, 0.15) is 84.6 Å². The summed E-state index contributed by atoms with van der Waals surface area (Å²) in [5.41, 5.74) is 0.484. The standard InChI is InChI=1S/C28H44N2O5S/c1-21-20-36-23(26(21)30-27(33)35-28(2,3)4)15-11-12-18-29-24(31)16-9-6-10-17-25(32)34-19-22-13-7-5-8-14-22/h5,7-8,13-14,21,23,26H,6,9-12,15-20H2,1-4H3,(H,29,31)(H,30,33)/t21-,23-,26-/m0/s1. The molecule has 0 spiro atoms. The van der Waals surface area contributed by atoms with Gasteiger partial charge in [0.2, 0.25) is 5.91 Å². The number of alkyl carbamates (subject to hydrolysis) is 1. The summed E-state index contributed by atoms with van der Waals surface area (Å²) in [6.07, 6.45) is 5.79. The number of esters is 1. The average molecular weight is 521 g/mol. The fourth-order valence-corrected chi connectivity index (χ4v) is 5.75. The fourth-order valence-electron chi connectivity index (χ4n) is 4.12. The van der Waals surface area contributed by atoms with Gasteiger partial charge in [-0.2, -0.15) is 11.8 Å². The highest BCUT2D eigenvalue weighted by Crippen LogP contribution is 2.34. The number of unbranched alkanes of at least 4 members (excludes halogenated alkanes) is 3. The zero-order valence-electron chi connectivity index (χ0n) is 22.3. The molecule has 1 fully saturated rings. The van der Waals surface area contributed by atoms with E-state index in [1.165, 1.54) is 0 Å². The van der Waals surface area contributed by atoms with Gasteiger partial charge in [0.25, 0.3) is 0 Å². The van der Waals surface area contributed by atoms with Gasteiger partial charge in [0.1, 0.15) is 12.2 Å². The molecule has 8 heteroatoms. The molecule has 36 heavy (non-hydrogen) atoms. The summed E-state index contributed by atoms with van der Waals surface area (Å²) in [5, 5.41) is 6.44. The van der Waals surface area contributed by atoms with Crippen LogP contribution in [0, 0.1) is 5.92 Å². The van der Waals surface area contributed by atoms with Gasteiger partial charge in [0, 0.05) is 30.7 Å². The van der Waals surface area contributed by atoms with E-state index < -0.39 is 5.60 Å². The van der Waals surface area contributed by atoms with Crippen LogP contribution >= 0.6 is 11.8 Å². The van der Waals surface area contributed by atoms with Crippen LogP contribution in [0.5, 0.6) is 0 Å². The van der Waals surface area contributed by atoms with Crippen molar-refractivity contribution in [3.63, 3.8) is 0 Å². The van der Waals surface area contributed by atoms with E-state index in [9.17, 15) is 14.4 Å². The van der Waals surface area contributed by atoms with Crippen LogP contribution in [0.25, 0.3) is 0 Å². The molecule has 1 saturated heterocycles. The van der Waals surface area contributed by atoms with Crippen molar-refractivity contribution in [2.45, 2.75) is 103 Å². The van der Waals surface area contributed by atoms with Crippen LogP contribution in [-0.4, -0.2) is 47.2 Å². The molecule has 3 atom stereocenters. The Balaban J connectivity index is 1.48. The first kappa shape index (κ1) is 30.0. The molecular formula is C28H44N2O5S. The van der Waals surface area contributed by atoms with E-state index in [4.69, 9.17) is 9.47 Å². The zero-order chi connectivity index (χ0) is 26.4. The summed E-state index contributed by atoms with van der Waals surface area (Å²) >= 11 is 1.91. The van der Waals surface area contributed by atoms with Crippen LogP contribution in [0.2, 0.25) is 0 Å². The smallest absolute Gasteiger partial charge is 0.407 e. The van der Waals surface area contributed by atoms with Gasteiger partial charge in [-0.3, -0.25) is 9.59 Å². The summed E-state index contributed by atoms with van der Waals surface area (Å²) in [5.74, 6) is 1.32. The minimum absolute atomic E-state index is 0.0648. The molecule has 0 aromatic heterocycles. The van der Waals surface area contributed by atoms with Crippen LogP contribution in [-0.2, 0) is 25.7 Å². The highest BCUT2D eigenvalue weighted by Gasteiger charge is 2.35. The Labute approximate surface area is 220 Å². The lowest BCUT2D eigenvalue weighted by atomic mass is 9.98. The molecule has 202 valence electrons. The second-order valence-corrected chi connectivity index (χ2v) is 11.8. The monoisotopic (exact) mass is 520 g/mol. The molecule has 1 aliphatic rings. The Bertz CT molecular complexity index is 812. The van der Waals surface area contributed by atoms with Gasteiger partial charge < -0.3 is 20.1 Å². The highest BCUT2D eigenvalue weighted by atomic mass is 32.2. The Hall–Kier alpha value is -2.22. The van der Waals surface area contributed by atoms with Gasteiger partial charge in [-0.1, -0.05) is 50.1 Å². The molecule has 2 N–H and O–H groups in total. The number of hydrogen-bond acceptors (Lipinski definition) is 6. The molecule has 0 bridgehead atoms. The Kier molecular flexibility index (Phi) is 13.2. The molecule has 7 nitrogen and oxygen atoms in total. The molecule has 1 heterocycles. The van der Waals surface area contributed by atoms with Gasteiger partial charge in [0.05, 0.1) is 0 Å². The molecule has 0 saturated carbocycles. The van der Waals surface area contributed by atoms with Crippen LogP contribution in [0.4, 0.5) is 4.79 Å². The lowest BCUT2D eigenvalue weighted by Gasteiger charge is -2.26. The minimum atomic E-state index is -0.499. The van der Waals surface area contributed by atoms with Gasteiger partial charge >= 0.3 is 12.1 Å². The second kappa shape index (κ2) is 15.8. The Morgan fingerprint density at radius 3 is 2.44 bits per heavy atom. The van der Waals surface area contributed by atoms with E-state index in [0.717, 1.165) is 49.8 Å². The summed E-state index contributed by atoms with van der Waals surface area (Å²) < 4.78 is 10.7. The summed E-state index contributed by atoms with van der Waals surface area (Å²) in [6.45, 7) is 8.76. The first-order valence-electron chi connectivity index (χ1n) is 13.2. The quantitative estimate of drug-likeness (QED) is 0.245. The number of carbonyl (C=O) groups excluding carboxylic acids is 3. The maximum atomic E-state index is 12.2. The second-order valence-electron chi connectivity index (χ2n) is 10.6. The largest absolute Gasteiger partial charge is 0.461 e. The first-order chi connectivity index (χ1) is 17.1. The molecule has 0 radical (unpaired) electrons. The van der Waals surface area contributed by atoms with Crippen molar-refractivity contribution in [3.8, 4) is 0 Å². The van der Waals surface area contributed by atoms with Gasteiger partial charge in [-0.05, 0) is 63.7 Å². The SMILES string of the molecule is C[C@H]1CS[C@@H](CCCCNC(=O)CCCCCC(=O)OCc2ccccc2)[C@H]1NC(=O)OC(C)(C)C. The Morgan fingerprint density at radius 1 is 1.00 bits per heavy atom. The van der Waals surface area contributed by atoms with Gasteiger partial charge in [0.15, 0.2) is 0 Å². The number of amides is 2. The van der Waals surface area contributed by atoms with Gasteiger partial charge in [-0.25, -0.2) is 4.79 Å². The number of nitrogens with one attached hydrogen (secondary N) is 2. The molecule has 1 aromatic rings. The predicted molar refractivity (Wildman–Crippen MR) is 145 cm³/mol. The third-order valence-corrected chi connectivity index (χ3v) is 7.71. The molecule has 2 amide bonds. The molecule has 1 aliphatic heterocycles. The van der Waals surface area contributed by atoms with Crippen molar-refractivity contribution >= 4 is 29.7 Å².